The zero-order valence-electron chi connectivity index (χ0n) is 10.2. The second-order valence-electron chi connectivity index (χ2n) is 3.66. The Hall–Kier alpha value is -1.85. The molecule has 1 rings (SSSR count). The molecule has 0 aliphatic heterocycles. The van der Waals surface area contributed by atoms with Crippen LogP contribution in [0.25, 0.3) is 0 Å². The summed E-state index contributed by atoms with van der Waals surface area (Å²) in [4.78, 5) is 14.6. The van der Waals surface area contributed by atoms with Crippen LogP contribution in [0.1, 0.15) is 26.7 Å². The predicted octanol–water partition coefficient (Wildman–Crippen LogP) is 2.63. The number of nitro groups is 1. The molecule has 1 heterocycles. The van der Waals surface area contributed by atoms with Crippen LogP contribution >= 0.6 is 0 Å². The van der Waals surface area contributed by atoms with Crippen molar-refractivity contribution in [3.05, 3.63) is 22.2 Å². The van der Waals surface area contributed by atoms with Gasteiger partial charge in [-0.3, -0.25) is 10.1 Å². The first kappa shape index (κ1) is 13.2. The van der Waals surface area contributed by atoms with Crippen molar-refractivity contribution in [3.8, 4) is 0 Å². The molecule has 0 bridgehead atoms. The van der Waals surface area contributed by atoms with Gasteiger partial charge in [0.05, 0.1) is 17.1 Å². The molecule has 0 radical (unpaired) electrons. The van der Waals surface area contributed by atoms with Gasteiger partial charge in [-0.2, -0.15) is 0 Å². The molecule has 17 heavy (non-hydrogen) atoms. The average Bonchev–Trinajstić information content (AvgIpc) is 2.29. The Morgan fingerprint density at radius 2 is 1.94 bits per heavy atom. The molecule has 0 aliphatic carbocycles. The lowest BCUT2D eigenvalue weighted by atomic mass is 10.3. The molecule has 2 N–H and O–H groups in total. The van der Waals surface area contributed by atoms with Crippen molar-refractivity contribution < 1.29 is 4.92 Å². The van der Waals surface area contributed by atoms with Gasteiger partial charge in [-0.15, -0.1) is 0 Å². The van der Waals surface area contributed by atoms with Crippen molar-refractivity contribution in [1.82, 2.24) is 4.98 Å². The van der Waals surface area contributed by atoms with Crippen molar-refractivity contribution >= 4 is 17.3 Å². The summed E-state index contributed by atoms with van der Waals surface area (Å²) in [6, 6.07) is 2.89. The van der Waals surface area contributed by atoms with E-state index in [2.05, 4.69) is 22.5 Å². The van der Waals surface area contributed by atoms with Crippen LogP contribution in [-0.2, 0) is 0 Å². The second-order valence-corrected chi connectivity index (χ2v) is 3.66. The number of nitrogens with one attached hydrogen (secondary N) is 2. The van der Waals surface area contributed by atoms with Crippen LogP contribution in [-0.4, -0.2) is 23.0 Å². The van der Waals surface area contributed by atoms with Gasteiger partial charge in [0.2, 0.25) is 0 Å². The van der Waals surface area contributed by atoms with Gasteiger partial charge >= 0.3 is 0 Å². The van der Waals surface area contributed by atoms with Gasteiger partial charge in [-0.25, -0.2) is 4.98 Å². The van der Waals surface area contributed by atoms with Crippen molar-refractivity contribution in [3.63, 3.8) is 0 Å². The van der Waals surface area contributed by atoms with Gasteiger partial charge in [-0.1, -0.05) is 13.3 Å². The fourth-order valence-electron chi connectivity index (χ4n) is 1.38. The van der Waals surface area contributed by atoms with Crippen LogP contribution in [0.2, 0.25) is 0 Å². The van der Waals surface area contributed by atoms with Crippen molar-refractivity contribution in [2.75, 3.05) is 23.7 Å². The summed E-state index contributed by atoms with van der Waals surface area (Å²) < 4.78 is 0. The minimum absolute atomic E-state index is 0.0509. The Morgan fingerprint density at radius 1 is 1.29 bits per heavy atom. The number of hydrogen-bond donors (Lipinski definition) is 2. The van der Waals surface area contributed by atoms with Crippen LogP contribution in [0.15, 0.2) is 12.1 Å². The molecule has 6 heteroatoms. The zero-order valence-corrected chi connectivity index (χ0v) is 10.2. The Bertz CT molecular complexity index is 382. The Morgan fingerprint density at radius 3 is 2.47 bits per heavy atom. The quantitative estimate of drug-likeness (QED) is 0.433. The highest BCUT2D eigenvalue weighted by molar-refractivity contribution is 5.54. The highest BCUT2D eigenvalue weighted by atomic mass is 16.6. The molecule has 0 saturated carbocycles. The lowest BCUT2D eigenvalue weighted by Crippen LogP contribution is -2.06. The van der Waals surface area contributed by atoms with Gasteiger partial charge in [0.1, 0.15) is 11.6 Å². The van der Waals surface area contributed by atoms with Crippen molar-refractivity contribution in [2.24, 2.45) is 0 Å². The number of unbranched alkanes of at least 4 members (excludes halogenated alkanes) is 1. The van der Waals surface area contributed by atoms with E-state index in [4.69, 9.17) is 0 Å². The molecular weight excluding hydrogens is 220 g/mol. The smallest absolute Gasteiger partial charge is 0.276 e. The Labute approximate surface area is 101 Å². The summed E-state index contributed by atoms with van der Waals surface area (Å²) in [5, 5.41) is 16.8. The molecule has 0 saturated heterocycles. The number of rotatable bonds is 7. The van der Waals surface area contributed by atoms with Crippen LogP contribution in [0.5, 0.6) is 0 Å². The van der Waals surface area contributed by atoms with E-state index in [0.29, 0.717) is 18.2 Å². The third kappa shape index (κ3) is 4.26. The normalized spacial score (nSPS) is 10.0. The summed E-state index contributed by atoms with van der Waals surface area (Å²) in [6.07, 6.45) is 2.09. The van der Waals surface area contributed by atoms with Gasteiger partial charge < -0.3 is 10.6 Å². The van der Waals surface area contributed by atoms with E-state index in [1.165, 1.54) is 12.1 Å². The van der Waals surface area contributed by atoms with Gasteiger partial charge in [-0.05, 0) is 13.3 Å². The van der Waals surface area contributed by atoms with Crippen LogP contribution in [0, 0.1) is 10.1 Å². The number of nitrogens with zero attached hydrogens (tertiary/aromatic N) is 2. The van der Waals surface area contributed by atoms with E-state index >= 15 is 0 Å². The van der Waals surface area contributed by atoms with E-state index in [1.807, 2.05) is 6.92 Å². The number of aromatic nitrogens is 1. The van der Waals surface area contributed by atoms with E-state index in [0.717, 1.165) is 19.4 Å². The third-order valence-corrected chi connectivity index (χ3v) is 2.22. The zero-order chi connectivity index (χ0) is 12.7. The molecule has 0 fully saturated rings. The predicted molar refractivity (Wildman–Crippen MR) is 68.5 cm³/mol. The SMILES string of the molecule is CCCCNc1cc([N+](=O)[O-])cc(NCC)n1. The monoisotopic (exact) mass is 238 g/mol. The average molecular weight is 238 g/mol. The van der Waals surface area contributed by atoms with Gasteiger partial charge in [0.25, 0.3) is 5.69 Å². The summed E-state index contributed by atoms with van der Waals surface area (Å²) in [6.45, 7) is 5.47. The lowest BCUT2D eigenvalue weighted by Gasteiger charge is -2.07. The standard InChI is InChI=1S/C11H18N4O2/c1-3-5-6-13-11-8-9(15(16)17)7-10(14-11)12-4-2/h7-8H,3-6H2,1-2H3,(H2,12,13,14). The maximum Gasteiger partial charge on any atom is 0.276 e. The summed E-state index contributed by atoms with van der Waals surface area (Å²) in [7, 11) is 0. The molecule has 0 aliphatic rings. The molecular formula is C11H18N4O2. The molecule has 6 nitrogen and oxygen atoms in total. The maximum absolute atomic E-state index is 10.8. The lowest BCUT2D eigenvalue weighted by molar-refractivity contribution is -0.384. The van der Waals surface area contributed by atoms with Crippen LogP contribution < -0.4 is 10.6 Å². The minimum Gasteiger partial charge on any atom is -0.370 e. The van der Waals surface area contributed by atoms with E-state index < -0.39 is 4.92 Å². The first-order valence-electron chi connectivity index (χ1n) is 5.81. The first-order valence-corrected chi connectivity index (χ1v) is 5.81. The number of anilines is 2. The Balaban J connectivity index is 2.83. The highest BCUT2D eigenvalue weighted by Crippen LogP contribution is 2.20. The molecule has 0 aromatic carbocycles. The fraction of sp³-hybridized carbons (Fsp3) is 0.545. The number of pyridine rings is 1. The molecule has 0 atom stereocenters. The summed E-state index contributed by atoms with van der Waals surface area (Å²) >= 11 is 0. The van der Waals surface area contributed by atoms with E-state index in [1.54, 1.807) is 0 Å². The van der Waals surface area contributed by atoms with Crippen molar-refractivity contribution in [1.29, 1.82) is 0 Å². The van der Waals surface area contributed by atoms with Crippen LogP contribution in [0.4, 0.5) is 17.3 Å². The number of hydrogen-bond acceptors (Lipinski definition) is 5. The van der Waals surface area contributed by atoms with E-state index in [-0.39, 0.29) is 5.69 Å². The van der Waals surface area contributed by atoms with Crippen LogP contribution in [0.3, 0.4) is 0 Å². The van der Waals surface area contributed by atoms with E-state index in [9.17, 15) is 10.1 Å². The molecule has 1 aromatic heterocycles. The molecule has 0 spiro atoms. The molecule has 0 amide bonds. The fourth-order valence-corrected chi connectivity index (χ4v) is 1.38. The minimum atomic E-state index is -0.409. The van der Waals surface area contributed by atoms with Gasteiger partial charge in [0, 0.05) is 13.1 Å². The third-order valence-electron chi connectivity index (χ3n) is 2.22. The van der Waals surface area contributed by atoms with Crippen molar-refractivity contribution in [2.45, 2.75) is 26.7 Å². The Kier molecular flexibility index (Phi) is 5.19. The maximum atomic E-state index is 10.8. The highest BCUT2D eigenvalue weighted by Gasteiger charge is 2.10. The second kappa shape index (κ2) is 6.67. The molecule has 94 valence electrons. The largest absolute Gasteiger partial charge is 0.370 e. The summed E-state index contributed by atoms with van der Waals surface area (Å²) in [5.74, 6) is 1.07. The topological polar surface area (TPSA) is 80.1 Å². The molecule has 0 unspecified atom stereocenters. The summed E-state index contributed by atoms with van der Waals surface area (Å²) in [5.41, 5.74) is 0.0509. The van der Waals surface area contributed by atoms with Gasteiger partial charge in [0.15, 0.2) is 0 Å². The molecule has 1 aromatic rings. The first-order chi connectivity index (χ1) is 8.17.